The van der Waals surface area contributed by atoms with Crippen molar-refractivity contribution in [2.24, 2.45) is 0 Å². The van der Waals surface area contributed by atoms with E-state index in [0.29, 0.717) is 138 Å². The first-order valence-corrected chi connectivity index (χ1v) is 20.3. The first kappa shape index (κ1) is 46.3. The lowest BCUT2D eigenvalue weighted by molar-refractivity contribution is -0.0263. The third-order valence-electron chi connectivity index (χ3n) is 6.79. The normalized spacial score (nSPS) is 12.0. The van der Waals surface area contributed by atoms with Gasteiger partial charge in [0.25, 0.3) is 5.91 Å². The van der Waals surface area contributed by atoms with E-state index in [2.05, 4.69) is 24.1 Å². The number of aromatic nitrogens is 1. The van der Waals surface area contributed by atoms with Crippen molar-refractivity contribution in [2.75, 3.05) is 139 Å². The molecular formula is C37H60N2O11S2. The van der Waals surface area contributed by atoms with E-state index in [0.717, 1.165) is 23.6 Å². The molecule has 0 aliphatic carbocycles. The van der Waals surface area contributed by atoms with Gasteiger partial charge in [0.2, 0.25) is 0 Å². The molecular weight excluding hydrogens is 713 g/mol. The third kappa shape index (κ3) is 26.8. The average molecular weight is 773 g/mol. The van der Waals surface area contributed by atoms with Crippen LogP contribution < -0.4 is 5.32 Å². The molecule has 0 saturated heterocycles. The number of ether oxygens (including phenoxy) is 10. The summed E-state index contributed by atoms with van der Waals surface area (Å²) < 4.78 is 54.7. The van der Waals surface area contributed by atoms with E-state index in [9.17, 15) is 4.79 Å². The second-order valence-corrected chi connectivity index (χ2v) is 13.6. The Morgan fingerprint density at radius 2 is 0.981 bits per heavy atom. The van der Waals surface area contributed by atoms with Gasteiger partial charge < -0.3 is 52.7 Å². The van der Waals surface area contributed by atoms with Crippen LogP contribution in [-0.4, -0.2) is 150 Å². The Labute approximate surface area is 318 Å². The van der Waals surface area contributed by atoms with Crippen LogP contribution in [0, 0.1) is 0 Å². The first-order chi connectivity index (χ1) is 25.7. The van der Waals surface area contributed by atoms with E-state index in [-0.39, 0.29) is 11.2 Å². The largest absolute Gasteiger partial charge is 0.379 e. The lowest BCUT2D eigenvalue weighted by Crippen LogP contribution is -2.27. The average Bonchev–Trinajstić information content (AvgIpc) is 3.17. The summed E-state index contributed by atoms with van der Waals surface area (Å²) in [5, 5.41) is 4.13. The Bertz CT molecular complexity index is 1080. The Balaban J connectivity index is 1.24. The van der Waals surface area contributed by atoms with Gasteiger partial charge in [-0.1, -0.05) is 35.9 Å². The molecule has 2 rings (SSSR count). The maximum absolute atomic E-state index is 12.5. The molecule has 0 aliphatic heterocycles. The molecule has 1 aromatic carbocycles. The summed E-state index contributed by atoms with van der Waals surface area (Å²) in [5.74, 6) is -0.119. The van der Waals surface area contributed by atoms with Gasteiger partial charge in [-0.25, -0.2) is 4.98 Å². The van der Waals surface area contributed by atoms with Crippen molar-refractivity contribution in [3.05, 3.63) is 59.8 Å². The molecule has 1 atom stereocenters. The van der Waals surface area contributed by atoms with Gasteiger partial charge in [-0.3, -0.25) is 4.79 Å². The van der Waals surface area contributed by atoms with Gasteiger partial charge in [0, 0.05) is 30.2 Å². The number of amides is 1. The van der Waals surface area contributed by atoms with Crippen LogP contribution >= 0.6 is 21.6 Å². The third-order valence-corrected chi connectivity index (χ3v) is 9.52. The molecule has 0 spiro atoms. The Hall–Kier alpha value is -1.86. The van der Waals surface area contributed by atoms with Crippen molar-refractivity contribution in [1.29, 1.82) is 0 Å². The van der Waals surface area contributed by atoms with E-state index in [1.807, 2.05) is 42.5 Å². The number of pyridine rings is 1. The van der Waals surface area contributed by atoms with Crippen LogP contribution in [0.5, 0.6) is 0 Å². The first-order valence-electron chi connectivity index (χ1n) is 18.1. The summed E-state index contributed by atoms with van der Waals surface area (Å²) in [7, 11) is 3.38. The smallest absolute Gasteiger partial charge is 0.251 e. The maximum atomic E-state index is 12.5. The van der Waals surface area contributed by atoms with Crippen LogP contribution in [0.25, 0.3) is 0 Å². The fourth-order valence-corrected chi connectivity index (χ4v) is 6.15. The van der Waals surface area contributed by atoms with E-state index < -0.39 is 0 Å². The minimum Gasteiger partial charge on any atom is -0.379 e. The lowest BCUT2D eigenvalue weighted by atomic mass is 10.1. The monoisotopic (exact) mass is 772 g/mol. The summed E-state index contributed by atoms with van der Waals surface area (Å²) in [4.78, 5) is 16.8. The van der Waals surface area contributed by atoms with Crippen molar-refractivity contribution in [3.63, 3.8) is 0 Å². The SMILES string of the molecule is CCCOCCOCCOCCOCCOCCOCCOCCOCCOCCOCCNC(=O)c1ccc(C(C)SSc2ccccn2)cc1. The highest BCUT2D eigenvalue weighted by atomic mass is 33.1. The molecule has 1 unspecified atom stereocenters. The molecule has 1 N–H and O–H groups in total. The molecule has 1 aromatic heterocycles. The molecule has 0 saturated carbocycles. The molecule has 0 bridgehead atoms. The zero-order valence-corrected chi connectivity index (χ0v) is 32.6. The lowest BCUT2D eigenvalue weighted by Gasteiger charge is -2.11. The van der Waals surface area contributed by atoms with Gasteiger partial charge in [-0.05, 0) is 54.0 Å². The molecule has 1 amide bonds. The van der Waals surface area contributed by atoms with E-state index in [4.69, 9.17) is 47.4 Å². The second-order valence-electron chi connectivity index (χ2n) is 11.0. The second kappa shape index (κ2) is 34.9. The van der Waals surface area contributed by atoms with Crippen LogP contribution in [0.15, 0.2) is 53.7 Å². The van der Waals surface area contributed by atoms with Crippen molar-refractivity contribution >= 4 is 27.5 Å². The number of rotatable bonds is 37. The van der Waals surface area contributed by atoms with Crippen molar-refractivity contribution in [2.45, 2.75) is 30.5 Å². The zero-order valence-electron chi connectivity index (χ0n) is 31.0. The number of carbonyl (C=O) groups excluding carboxylic acids is 1. The Kier molecular flexibility index (Phi) is 31.1. The molecule has 0 aliphatic rings. The molecule has 0 fully saturated rings. The number of nitrogens with one attached hydrogen (secondary N) is 1. The van der Waals surface area contributed by atoms with Crippen molar-refractivity contribution in [1.82, 2.24) is 10.3 Å². The molecule has 0 radical (unpaired) electrons. The standard InChI is InChI=1S/C37H60N2O11S2/c1-3-13-41-15-17-43-19-21-45-23-25-47-27-29-49-31-32-50-30-28-48-26-24-46-22-20-44-18-16-42-14-12-39-37(40)35-9-7-34(8-10-35)33(2)51-52-36-6-4-5-11-38-36/h4-11,33H,3,12-32H2,1-2H3,(H,39,40). The summed E-state index contributed by atoms with van der Waals surface area (Å²) in [6.07, 6.45) is 2.81. The Morgan fingerprint density at radius 3 is 1.37 bits per heavy atom. The summed E-state index contributed by atoms with van der Waals surface area (Å²) in [6.45, 7) is 15.1. The molecule has 15 heteroatoms. The predicted molar refractivity (Wildman–Crippen MR) is 203 cm³/mol. The van der Waals surface area contributed by atoms with Gasteiger partial charge in [-0.15, -0.1) is 0 Å². The number of hydrogen-bond acceptors (Lipinski definition) is 14. The van der Waals surface area contributed by atoms with E-state index >= 15 is 0 Å². The highest BCUT2D eigenvalue weighted by Crippen LogP contribution is 2.41. The van der Waals surface area contributed by atoms with Crippen LogP contribution in [0.2, 0.25) is 0 Å². The predicted octanol–water partition coefficient (Wildman–Crippen LogP) is 4.89. The highest BCUT2D eigenvalue weighted by Gasteiger charge is 2.10. The number of benzene rings is 1. The Morgan fingerprint density at radius 1 is 0.577 bits per heavy atom. The maximum Gasteiger partial charge on any atom is 0.251 e. The molecule has 1 heterocycles. The van der Waals surface area contributed by atoms with Gasteiger partial charge >= 0.3 is 0 Å². The van der Waals surface area contributed by atoms with Gasteiger partial charge in [0.05, 0.1) is 126 Å². The van der Waals surface area contributed by atoms with Crippen LogP contribution in [-0.2, 0) is 47.4 Å². The van der Waals surface area contributed by atoms with Crippen molar-refractivity contribution in [3.8, 4) is 0 Å². The van der Waals surface area contributed by atoms with Crippen molar-refractivity contribution < 1.29 is 52.2 Å². The van der Waals surface area contributed by atoms with Crippen LogP contribution in [0.1, 0.15) is 41.4 Å². The zero-order chi connectivity index (χ0) is 37.0. The number of hydrogen-bond donors (Lipinski definition) is 1. The minimum absolute atomic E-state index is 0.119. The topological polar surface area (TPSA) is 134 Å². The summed E-state index contributed by atoms with van der Waals surface area (Å²) >= 11 is 0. The van der Waals surface area contributed by atoms with Crippen LogP contribution in [0.4, 0.5) is 0 Å². The van der Waals surface area contributed by atoms with E-state index in [1.54, 1.807) is 27.8 Å². The van der Waals surface area contributed by atoms with E-state index in [1.165, 1.54) is 0 Å². The minimum atomic E-state index is -0.119. The molecule has 296 valence electrons. The molecule has 2 aromatic rings. The quantitative estimate of drug-likeness (QED) is 0.0738. The number of carbonyl (C=O) groups is 1. The summed E-state index contributed by atoms with van der Waals surface area (Å²) in [5.41, 5.74) is 1.78. The highest BCUT2D eigenvalue weighted by molar-refractivity contribution is 8.76. The summed E-state index contributed by atoms with van der Waals surface area (Å²) in [6, 6.07) is 13.6. The van der Waals surface area contributed by atoms with Gasteiger partial charge in [-0.2, -0.15) is 0 Å². The molecule has 13 nitrogen and oxygen atoms in total. The fraction of sp³-hybridized carbons (Fsp3) is 0.676. The van der Waals surface area contributed by atoms with Gasteiger partial charge in [0.15, 0.2) is 0 Å². The molecule has 52 heavy (non-hydrogen) atoms. The number of nitrogens with zero attached hydrogens (tertiary/aromatic N) is 1. The fourth-order valence-electron chi connectivity index (χ4n) is 4.04. The van der Waals surface area contributed by atoms with Crippen LogP contribution in [0.3, 0.4) is 0 Å². The van der Waals surface area contributed by atoms with Gasteiger partial charge in [0.1, 0.15) is 5.03 Å².